The van der Waals surface area contributed by atoms with Crippen molar-refractivity contribution in [3.05, 3.63) is 65.5 Å². The van der Waals surface area contributed by atoms with Crippen LogP contribution in [0.25, 0.3) is 0 Å². The molecule has 0 spiro atoms. The van der Waals surface area contributed by atoms with Gasteiger partial charge in [0.25, 0.3) is 10.0 Å². The predicted octanol–water partition coefficient (Wildman–Crippen LogP) is 1.79. The van der Waals surface area contributed by atoms with Crippen LogP contribution in [0.1, 0.15) is 17.5 Å². The summed E-state index contributed by atoms with van der Waals surface area (Å²) in [5, 5.41) is 8.93. The van der Waals surface area contributed by atoms with Crippen LogP contribution in [0.5, 0.6) is 0 Å². The van der Waals surface area contributed by atoms with Gasteiger partial charge in [0.1, 0.15) is 17.8 Å². The molecule has 27 heavy (non-hydrogen) atoms. The van der Waals surface area contributed by atoms with Crippen molar-refractivity contribution < 1.29 is 27.4 Å². The van der Waals surface area contributed by atoms with Crippen molar-refractivity contribution in [3.8, 4) is 6.07 Å². The van der Waals surface area contributed by atoms with Gasteiger partial charge in [-0.2, -0.15) is 5.26 Å². The SMILES string of the molecule is N#Cc1cccc(S(=O)(=O)NC(=O)C2(c3cccc(F)c3)CCOOC2)c1. The Bertz CT molecular complexity index is 1010. The fourth-order valence-corrected chi connectivity index (χ4v) is 3.92. The summed E-state index contributed by atoms with van der Waals surface area (Å²) in [5.74, 6) is -1.42. The number of nitrogens with zero attached hydrogens (tertiary/aromatic N) is 1. The molecule has 2 aromatic rings. The first-order valence-electron chi connectivity index (χ1n) is 7.95. The molecule has 7 nitrogen and oxygen atoms in total. The van der Waals surface area contributed by atoms with Crippen LogP contribution in [0, 0.1) is 17.1 Å². The Morgan fingerprint density at radius 1 is 1.19 bits per heavy atom. The standard InChI is InChI=1S/C18H15FN2O5S/c19-15-5-2-4-14(10-15)18(7-8-25-26-12-18)17(22)21-27(23,24)16-6-1-3-13(9-16)11-20/h1-6,9-10H,7-8,12H2,(H,21,22). The molecule has 1 heterocycles. The molecule has 0 aromatic heterocycles. The number of sulfonamides is 1. The van der Waals surface area contributed by atoms with Crippen LogP contribution in [0.4, 0.5) is 4.39 Å². The zero-order chi connectivity index (χ0) is 19.5. The molecule has 0 radical (unpaired) electrons. The minimum atomic E-state index is -4.24. The topological polar surface area (TPSA) is 105 Å². The van der Waals surface area contributed by atoms with Gasteiger partial charge in [0.05, 0.1) is 23.1 Å². The maximum atomic E-state index is 13.7. The minimum Gasteiger partial charge on any atom is -0.273 e. The number of benzene rings is 2. The summed E-state index contributed by atoms with van der Waals surface area (Å²) in [6.07, 6.45) is 0.107. The molecule has 1 fully saturated rings. The van der Waals surface area contributed by atoms with E-state index in [1.54, 1.807) is 0 Å². The quantitative estimate of drug-likeness (QED) is 0.798. The van der Waals surface area contributed by atoms with Crippen molar-refractivity contribution in [2.45, 2.75) is 16.7 Å². The van der Waals surface area contributed by atoms with E-state index in [4.69, 9.17) is 15.0 Å². The fourth-order valence-electron chi connectivity index (χ4n) is 2.82. The number of nitriles is 1. The van der Waals surface area contributed by atoms with E-state index in [1.165, 1.54) is 36.4 Å². The van der Waals surface area contributed by atoms with E-state index in [9.17, 15) is 17.6 Å². The Morgan fingerprint density at radius 2 is 1.96 bits per heavy atom. The van der Waals surface area contributed by atoms with E-state index < -0.39 is 27.2 Å². The van der Waals surface area contributed by atoms with Gasteiger partial charge < -0.3 is 0 Å². The smallest absolute Gasteiger partial charge is 0.264 e. The van der Waals surface area contributed by atoms with E-state index in [1.807, 2.05) is 10.8 Å². The number of carbonyl (C=O) groups is 1. The molecule has 1 saturated heterocycles. The number of rotatable bonds is 4. The van der Waals surface area contributed by atoms with Gasteiger partial charge in [-0.3, -0.25) is 4.79 Å². The minimum absolute atomic E-state index is 0.0356. The summed E-state index contributed by atoms with van der Waals surface area (Å²) in [6, 6.07) is 12.5. The van der Waals surface area contributed by atoms with E-state index in [0.29, 0.717) is 0 Å². The molecule has 0 bridgehead atoms. The Labute approximate surface area is 155 Å². The molecule has 0 saturated carbocycles. The van der Waals surface area contributed by atoms with Crippen LogP contribution in [0.3, 0.4) is 0 Å². The van der Waals surface area contributed by atoms with Crippen molar-refractivity contribution in [1.82, 2.24) is 4.72 Å². The molecular weight excluding hydrogens is 375 g/mol. The largest absolute Gasteiger partial charge is 0.273 e. The average Bonchev–Trinajstić information content (AvgIpc) is 2.68. The first kappa shape index (κ1) is 19.0. The van der Waals surface area contributed by atoms with Gasteiger partial charge in [-0.05, 0) is 42.3 Å². The molecule has 1 atom stereocenters. The highest BCUT2D eigenvalue weighted by molar-refractivity contribution is 7.90. The maximum absolute atomic E-state index is 13.7. The molecule has 1 aliphatic rings. The molecule has 1 amide bonds. The van der Waals surface area contributed by atoms with E-state index in [0.717, 1.165) is 12.1 Å². The van der Waals surface area contributed by atoms with E-state index in [2.05, 4.69) is 0 Å². The molecule has 2 aromatic carbocycles. The van der Waals surface area contributed by atoms with Crippen LogP contribution >= 0.6 is 0 Å². The first-order valence-corrected chi connectivity index (χ1v) is 9.44. The monoisotopic (exact) mass is 390 g/mol. The predicted molar refractivity (Wildman–Crippen MR) is 91.1 cm³/mol. The number of nitrogens with one attached hydrogen (secondary N) is 1. The van der Waals surface area contributed by atoms with Gasteiger partial charge >= 0.3 is 0 Å². The average molecular weight is 390 g/mol. The number of hydrogen-bond acceptors (Lipinski definition) is 6. The number of carbonyl (C=O) groups excluding carboxylic acids is 1. The second kappa shape index (κ2) is 7.44. The Balaban J connectivity index is 1.96. The third kappa shape index (κ3) is 3.83. The lowest BCUT2D eigenvalue weighted by atomic mass is 9.77. The second-order valence-corrected chi connectivity index (χ2v) is 7.68. The number of halogens is 1. The Hall–Kier alpha value is -2.80. The van der Waals surface area contributed by atoms with E-state index in [-0.39, 0.29) is 35.7 Å². The van der Waals surface area contributed by atoms with Crippen LogP contribution in [0.15, 0.2) is 53.4 Å². The van der Waals surface area contributed by atoms with Crippen LogP contribution in [0.2, 0.25) is 0 Å². The van der Waals surface area contributed by atoms with Crippen LogP contribution in [-0.4, -0.2) is 27.5 Å². The molecule has 0 aliphatic carbocycles. The second-order valence-electron chi connectivity index (χ2n) is 6.00. The Kier molecular flexibility index (Phi) is 5.23. The highest BCUT2D eigenvalue weighted by Crippen LogP contribution is 2.33. The number of hydrogen-bond donors (Lipinski definition) is 1. The lowest BCUT2D eigenvalue weighted by molar-refractivity contribution is -0.325. The zero-order valence-electron chi connectivity index (χ0n) is 14.0. The third-order valence-electron chi connectivity index (χ3n) is 4.31. The molecule has 140 valence electrons. The van der Waals surface area contributed by atoms with Gasteiger partial charge in [-0.15, -0.1) is 0 Å². The van der Waals surface area contributed by atoms with Gasteiger partial charge in [-0.1, -0.05) is 18.2 Å². The number of amides is 1. The summed E-state index contributed by atoms with van der Waals surface area (Å²) in [6.45, 7) is -0.232. The third-order valence-corrected chi connectivity index (χ3v) is 5.64. The van der Waals surface area contributed by atoms with Gasteiger partial charge in [0.2, 0.25) is 5.91 Å². The lowest BCUT2D eigenvalue weighted by Crippen LogP contribution is -2.52. The summed E-state index contributed by atoms with van der Waals surface area (Å²) in [7, 11) is -4.24. The summed E-state index contributed by atoms with van der Waals surface area (Å²) < 4.78 is 40.9. The normalized spacial score (nSPS) is 19.9. The zero-order valence-corrected chi connectivity index (χ0v) is 14.8. The summed E-state index contributed by atoms with van der Waals surface area (Å²) in [5.41, 5.74) is -1.01. The Morgan fingerprint density at radius 3 is 2.63 bits per heavy atom. The summed E-state index contributed by atoms with van der Waals surface area (Å²) in [4.78, 5) is 22.5. The fraction of sp³-hybridized carbons (Fsp3) is 0.222. The van der Waals surface area contributed by atoms with Gasteiger partial charge in [0.15, 0.2) is 0 Å². The van der Waals surface area contributed by atoms with Crippen LogP contribution in [-0.2, 0) is 30.0 Å². The summed E-state index contributed by atoms with van der Waals surface area (Å²) >= 11 is 0. The molecule has 3 rings (SSSR count). The lowest BCUT2D eigenvalue weighted by Gasteiger charge is -2.34. The molecular formula is C18H15FN2O5S. The molecule has 9 heteroatoms. The molecule has 1 N–H and O–H groups in total. The van der Waals surface area contributed by atoms with Crippen molar-refractivity contribution in [1.29, 1.82) is 5.26 Å². The van der Waals surface area contributed by atoms with Gasteiger partial charge in [-0.25, -0.2) is 27.3 Å². The maximum Gasteiger partial charge on any atom is 0.264 e. The molecule has 1 unspecified atom stereocenters. The van der Waals surface area contributed by atoms with Crippen LogP contribution < -0.4 is 4.72 Å². The van der Waals surface area contributed by atoms with Gasteiger partial charge in [0, 0.05) is 0 Å². The van der Waals surface area contributed by atoms with Crippen molar-refractivity contribution in [3.63, 3.8) is 0 Å². The van der Waals surface area contributed by atoms with Crippen molar-refractivity contribution >= 4 is 15.9 Å². The molecule has 1 aliphatic heterocycles. The van der Waals surface area contributed by atoms with E-state index >= 15 is 0 Å². The van der Waals surface area contributed by atoms with Crippen molar-refractivity contribution in [2.24, 2.45) is 0 Å². The highest BCUT2D eigenvalue weighted by atomic mass is 32.2. The van der Waals surface area contributed by atoms with Crippen molar-refractivity contribution in [2.75, 3.05) is 13.2 Å². The highest BCUT2D eigenvalue weighted by Gasteiger charge is 2.45. The first-order chi connectivity index (χ1) is 12.9.